The van der Waals surface area contributed by atoms with Gasteiger partial charge in [-0.25, -0.2) is 4.39 Å². The molecule has 0 amide bonds. The standard InChI is InChI=1S/C22H29ClFN5O3/c1-3-30-21(31-4-2)13-32-19-9-14(7-8-17(19)24)29-15-5-6-16(29)12-28(11-15)18-10-20(23)26-27-22(18)25/h7-10,15-16,21H,3-6,11-13H2,1-2H3,(H2,25,27). The molecule has 0 spiro atoms. The maximum absolute atomic E-state index is 14.5. The third kappa shape index (κ3) is 4.84. The lowest BCUT2D eigenvalue weighted by molar-refractivity contribution is -0.152. The molecule has 2 aliphatic heterocycles. The average Bonchev–Trinajstić information content (AvgIpc) is 3.04. The fourth-order valence-corrected chi connectivity index (χ4v) is 4.72. The zero-order valence-corrected chi connectivity index (χ0v) is 19.1. The Hall–Kier alpha value is -2.36. The van der Waals surface area contributed by atoms with E-state index in [-0.39, 0.29) is 24.4 Å². The summed E-state index contributed by atoms with van der Waals surface area (Å²) in [5, 5.41) is 8.07. The van der Waals surface area contributed by atoms with E-state index < -0.39 is 12.1 Å². The van der Waals surface area contributed by atoms with Gasteiger partial charge in [0.25, 0.3) is 0 Å². The molecular formula is C22H29ClFN5O3. The number of rotatable bonds is 9. The van der Waals surface area contributed by atoms with Gasteiger partial charge in [0.15, 0.2) is 28.8 Å². The summed E-state index contributed by atoms with van der Waals surface area (Å²) in [6, 6.07) is 7.32. The Balaban J connectivity index is 1.49. The van der Waals surface area contributed by atoms with Crippen molar-refractivity contribution in [3.63, 3.8) is 0 Å². The minimum absolute atomic E-state index is 0.123. The van der Waals surface area contributed by atoms with Gasteiger partial charge in [-0.1, -0.05) is 11.6 Å². The fraction of sp³-hybridized carbons (Fsp3) is 0.545. The highest BCUT2D eigenvalue weighted by atomic mass is 35.5. The summed E-state index contributed by atoms with van der Waals surface area (Å²) in [5.74, 6) is 0.165. The summed E-state index contributed by atoms with van der Waals surface area (Å²) in [4.78, 5) is 4.57. The highest BCUT2D eigenvalue weighted by Crippen LogP contribution is 2.39. The SMILES string of the molecule is CCOC(COc1cc(N2C3CCC2CN(c2cc(Cl)nnc2N)C3)ccc1F)OCC. The van der Waals surface area contributed by atoms with Gasteiger partial charge >= 0.3 is 0 Å². The molecule has 174 valence electrons. The molecule has 2 atom stereocenters. The second-order valence-corrected chi connectivity index (χ2v) is 8.29. The monoisotopic (exact) mass is 465 g/mol. The molecule has 2 N–H and O–H groups in total. The number of fused-ring (bicyclic) bond motifs is 2. The Morgan fingerprint density at radius 3 is 2.47 bits per heavy atom. The molecule has 2 fully saturated rings. The number of nitrogen functional groups attached to an aromatic ring is 1. The molecule has 8 nitrogen and oxygen atoms in total. The maximum atomic E-state index is 14.5. The number of aromatic nitrogens is 2. The van der Waals surface area contributed by atoms with Crippen molar-refractivity contribution in [3.05, 3.63) is 35.2 Å². The summed E-state index contributed by atoms with van der Waals surface area (Å²) < 4.78 is 31.2. The van der Waals surface area contributed by atoms with Gasteiger partial charge in [0.05, 0.1) is 5.69 Å². The highest BCUT2D eigenvalue weighted by molar-refractivity contribution is 6.29. The molecule has 2 aromatic rings. The number of benzene rings is 1. The minimum atomic E-state index is -0.529. The molecule has 1 aromatic heterocycles. The number of anilines is 3. The topological polar surface area (TPSA) is 86.0 Å². The van der Waals surface area contributed by atoms with E-state index in [1.807, 2.05) is 19.9 Å². The molecule has 2 unspecified atom stereocenters. The van der Waals surface area contributed by atoms with Gasteiger partial charge in [0.1, 0.15) is 6.61 Å². The molecule has 1 aromatic carbocycles. The van der Waals surface area contributed by atoms with Gasteiger partial charge in [0.2, 0.25) is 0 Å². The third-order valence-corrected chi connectivity index (χ3v) is 6.07. The average molecular weight is 466 g/mol. The number of hydrogen-bond donors (Lipinski definition) is 1. The first-order chi connectivity index (χ1) is 15.5. The second-order valence-electron chi connectivity index (χ2n) is 7.90. The smallest absolute Gasteiger partial charge is 0.191 e. The first-order valence-electron chi connectivity index (χ1n) is 11.0. The molecule has 2 aliphatic rings. The first-order valence-corrected chi connectivity index (χ1v) is 11.4. The molecule has 32 heavy (non-hydrogen) atoms. The second kappa shape index (κ2) is 10.1. The Bertz CT molecular complexity index is 916. The minimum Gasteiger partial charge on any atom is -0.485 e. The number of halogens is 2. The van der Waals surface area contributed by atoms with Gasteiger partial charge in [-0.3, -0.25) is 0 Å². The molecular weight excluding hydrogens is 437 g/mol. The predicted octanol–water partition coefficient (Wildman–Crippen LogP) is 3.49. The van der Waals surface area contributed by atoms with Gasteiger partial charge < -0.3 is 29.7 Å². The lowest BCUT2D eigenvalue weighted by atomic mass is 10.1. The normalized spacial score (nSPS) is 20.3. The van der Waals surface area contributed by atoms with Crippen molar-refractivity contribution in [2.45, 2.75) is 45.1 Å². The van der Waals surface area contributed by atoms with Gasteiger partial charge in [-0.2, -0.15) is 0 Å². The molecule has 0 aliphatic carbocycles. The van der Waals surface area contributed by atoms with Crippen LogP contribution in [0.15, 0.2) is 24.3 Å². The van der Waals surface area contributed by atoms with Crippen LogP contribution in [0.5, 0.6) is 5.75 Å². The van der Waals surface area contributed by atoms with E-state index in [4.69, 9.17) is 31.5 Å². The zero-order valence-electron chi connectivity index (χ0n) is 18.3. The van der Waals surface area contributed by atoms with E-state index in [1.165, 1.54) is 6.07 Å². The number of nitrogens with two attached hydrogens (primary N) is 1. The summed E-state index contributed by atoms with van der Waals surface area (Å²) in [7, 11) is 0. The first kappa shape index (κ1) is 22.8. The van der Waals surface area contributed by atoms with E-state index >= 15 is 0 Å². The van der Waals surface area contributed by atoms with Gasteiger partial charge in [0, 0.05) is 56.2 Å². The Kier molecular flexibility index (Phi) is 7.17. The number of ether oxygens (including phenoxy) is 3. The largest absolute Gasteiger partial charge is 0.485 e. The summed E-state index contributed by atoms with van der Waals surface area (Å²) >= 11 is 6.04. The van der Waals surface area contributed by atoms with Crippen LogP contribution < -0.4 is 20.3 Å². The molecule has 2 bridgehead atoms. The number of hydrogen-bond acceptors (Lipinski definition) is 8. The van der Waals surface area contributed by atoms with E-state index in [0.717, 1.165) is 37.3 Å². The Morgan fingerprint density at radius 1 is 1.12 bits per heavy atom. The van der Waals surface area contributed by atoms with Crippen molar-refractivity contribution in [1.82, 2.24) is 10.2 Å². The predicted molar refractivity (Wildman–Crippen MR) is 122 cm³/mol. The lowest BCUT2D eigenvalue weighted by Gasteiger charge is -2.43. The van der Waals surface area contributed by atoms with E-state index in [9.17, 15) is 4.39 Å². The molecule has 2 saturated heterocycles. The van der Waals surface area contributed by atoms with Crippen LogP contribution in [0.25, 0.3) is 0 Å². The van der Waals surface area contributed by atoms with Crippen molar-refractivity contribution >= 4 is 28.8 Å². The van der Waals surface area contributed by atoms with Crippen LogP contribution in [0.2, 0.25) is 5.15 Å². The van der Waals surface area contributed by atoms with Crippen molar-refractivity contribution < 1.29 is 18.6 Å². The van der Waals surface area contributed by atoms with Crippen LogP contribution in [-0.2, 0) is 9.47 Å². The van der Waals surface area contributed by atoms with Crippen molar-refractivity contribution in [1.29, 1.82) is 0 Å². The zero-order chi connectivity index (χ0) is 22.7. The molecule has 4 rings (SSSR count). The van der Waals surface area contributed by atoms with Gasteiger partial charge in [-0.15, -0.1) is 10.2 Å². The molecule has 3 heterocycles. The van der Waals surface area contributed by atoms with E-state index in [2.05, 4.69) is 20.0 Å². The molecule has 0 saturated carbocycles. The number of piperazine rings is 1. The van der Waals surface area contributed by atoms with E-state index in [0.29, 0.717) is 24.2 Å². The molecule has 10 heteroatoms. The Labute approximate surface area is 192 Å². The van der Waals surface area contributed by atoms with Gasteiger partial charge in [-0.05, 0) is 38.8 Å². The Morgan fingerprint density at radius 2 is 1.81 bits per heavy atom. The van der Waals surface area contributed by atoms with Crippen LogP contribution in [-0.4, -0.2) is 61.5 Å². The quantitative estimate of drug-likeness (QED) is 0.563. The lowest BCUT2D eigenvalue weighted by Crippen LogP contribution is -2.54. The van der Waals surface area contributed by atoms with Crippen molar-refractivity contribution in [2.24, 2.45) is 0 Å². The maximum Gasteiger partial charge on any atom is 0.191 e. The summed E-state index contributed by atoms with van der Waals surface area (Å²) in [6.45, 7) is 6.41. The van der Waals surface area contributed by atoms with Crippen molar-refractivity contribution in [2.75, 3.05) is 48.4 Å². The summed E-state index contributed by atoms with van der Waals surface area (Å²) in [6.07, 6.45) is 1.55. The van der Waals surface area contributed by atoms with Crippen LogP contribution in [0, 0.1) is 5.82 Å². The van der Waals surface area contributed by atoms with Crippen LogP contribution in [0.4, 0.5) is 21.6 Å². The van der Waals surface area contributed by atoms with Crippen molar-refractivity contribution in [3.8, 4) is 5.75 Å². The fourth-order valence-electron chi connectivity index (χ4n) is 4.58. The van der Waals surface area contributed by atoms with Crippen LogP contribution >= 0.6 is 11.6 Å². The summed E-state index contributed by atoms with van der Waals surface area (Å²) in [5.41, 5.74) is 7.80. The molecule has 0 radical (unpaired) electrons. The number of nitrogens with zero attached hydrogens (tertiary/aromatic N) is 4. The van der Waals surface area contributed by atoms with E-state index in [1.54, 1.807) is 12.1 Å². The highest BCUT2D eigenvalue weighted by Gasteiger charge is 2.41. The van der Waals surface area contributed by atoms with Crippen LogP contribution in [0.3, 0.4) is 0 Å². The van der Waals surface area contributed by atoms with Crippen LogP contribution in [0.1, 0.15) is 26.7 Å². The third-order valence-electron chi connectivity index (χ3n) is 5.89.